The molecule has 0 bridgehead atoms. The molecule has 2 heterocycles. The van der Waals surface area contributed by atoms with Crippen LogP contribution in [-0.4, -0.2) is 53.7 Å². The van der Waals surface area contributed by atoms with Gasteiger partial charge in [-0.05, 0) is 23.9 Å². The van der Waals surface area contributed by atoms with Gasteiger partial charge in [-0.15, -0.1) is 0 Å². The lowest BCUT2D eigenvalue weighted by atomic mass is 10.0. The Morgan fingerprint density at radius 1 is 1.43 bits per heavy atom. The van der Waals surface area contributed by atoms with Crippen molar-refractivity contribution in [3.63, 3.8) is 0 Å². The molecule has 1 unspecified atom stereocenters. The van der Waals surface area contributed by atoms with Gasteiger partial charge in [0.15, 0.2) is 11.5 Å². The number of aromatic nitrogens is 4. The van der Waals surface area contributed by atoms with Crippen molar-refractivity contribution in [2.24, 2.45) is 11.3 Å². The Labute approximate surface area is 124 Å². The highest BCUT2D eigenvalue weighted by molar-refractivity contribution is 6.28. The molecule has 2 aliphatic carbocycles. The first-order chi connectivity index (χ1) is 9.99. The van der Waals surface area contributed by atoms with E-state index in [1.54, 1.807) is 4.57 Å². The quantitative estimate of drug-likeness (QED) is 0.541. The minimum Gasteiger partial charge on any atom is -0.396 e. The second-order valence-corrected chi connectivity index (χ2v) is 6.17. The predicted molar refractivity (Wildman–Crippen MR) is 73.4 cm³/mol. The van der Waals surface area contributed by atoms with E-state index in [1.165, 1.54) is 6.33 Å². The Morgan fingerprint density at radius 3 is 2.86 bits per heavy atom. The molecule has 5 atom stereocenters. The van der Waals surface area contributed by atoms with E-state index in [-0.39, 0.29) is 23.6 Å². The number of aliphatic hydroxyl groups excluding tert-OH is 3. The van der Waals surface area contributed by atoms with Crippen LogP contribution in [0.3, 0.4) is 0 Å². The number of rotatable bonds is 2. The van der Waals surface area contributed by atoms with Crippen LogP contribution in [0.5, 0.6) is 0 Å². The largest absolute Gasteiger partial charge is 0.396 e. The highest BCUT2D eigenvalue weighted by Gasteiger charge is 2.71. The molecule has 0 saturated heterocycles. The van der Waals surface area contributed by atoms with Gasteiger partial charge in [-0.25, -0.2) is 4.98 Å². The molecular weight excluding hydrogens is 298 g/mol. The molecule has 21 heavy (non-hydrogen) atoms. The molecule has 5 N–H and O–H groups in total. The number of halogens is 1. The Balaban J connectivity index is 1.85. The van der Waals surface area contributed by atoms with Crippen molar-refractivity contribution in [2.45, 2.75) is 24.7 Å². The minimum absolute atomic E-state index is 0.000923. The van der Waals surface area contributed by atoms with Crippen molar-refractivity contribution in [3.05, 3.63) is 11.6 Å². The zero-order valence-corrected chi connectivity index (χ0v) is 11.6. The molecule has 0 radical (unpaired) electrons. The number of nitrogens with zero attached hydrogens (tertiary/aromatic N) is 4. The summed E-state index contributed by atoms with van der Waals surface area (Å²) < 4.78 is 1.67. The van der Waals surface area contributed by atoms with Gasteiger partial charge in [-0.3, -0.25) is 0 Å². The lowest BCUT2D eigenvalue weighted by molar-refractivity contribution is -0.0300. The fourth-order valence-corrected chi connectivity index (χ4v) is 3.85. The van der Waals surface area contributed by atoms with Crippen molar-refractivity contribution in [1.82, 2.24) is 19.5 Å². The summed E-state index contributed by atoms with van der Waals surface area (Å²) in [7, 11) is 0. The Kier molecular flexibility index (Phi) is 2.54. The fraction of sp³-hybridized carbons (Fsp3) is 0.583. The van der Waals surface area contributed by atoms with Crippen LogP contribution in [0.4, 0.5) is 5.82 Å². The number of nitrogens with two attached hydrogens (primary N) is 1. The van der Waals surface area contributed by atoms with Gasteiger partial charge in [0.05, 0.1) is 25.1 Å². The highest BCUT2D eigenvalue weighted by Crippen LogP contribution is 2.67. The Bertz CT molecular complexity index is 737. The number of anilines is 1. The van der Waals surface area contributed by atoms with Crippen molar-refractivity contribution in [1.29, 1.82) is 0 Å². The number of imidazole rings is 1. The van der Waals surface area contributed by atoms with Gasteiger partial charge in [-0.2, -0.15) is 9.97 Å². The third-order valence-electron chi connectivity index (χ3n) is 4.89. The maximum atomic E-state index is 10.3. The molecule has 2 aromatic heterocycles. The topological polar surface area (TPSA) is 130 Å². The number of aliphatic hydroxyl groups is 3. The summed E-state index contributed by atoms with van der Waals surface area (Å²) in [6.45, 7) is -0.156. The van der Waals surface area contributed by atoms with Gasteiger partial charge in [0, 0.05) is 5.41 Å². The summed E-state index contributed by atoms with van der Waals surface area (Å²) in [5.41, 5.74) is 5.97. The van der Waals surface area contributed by atoms with Crippen LogP contribution in [0.2, 0.25) is 5.28 Å². The molecule has 2 aromatic rings. The average Bonchev–Trinajstić information content (AvgIpc) is 2.97. The zero-order valence-electron chi connectivity index (χ0n) is 10.9. The fourth-order valence-electron chi connectivity index (χ4n) is 3.68. The second kappa shape index (κ2) is 4.04. The number of nitrogen functional groups attached to an aromatic ring is 1. The lowest BCUT2D eigenvalue weighted by Crippen LogP contribution is -2.35. The predicted octanol–water partition coefficient (Wildman–Crippen LogP) is -0.663. The van der Waals surface area contributed by atoms with Gasteiger partial charge in [-0.1, -0.05) is 0 Å². The molecule has 0 aromatic carbocycles. The smallest absolute Gasteiger partial charge is 0.226 e. The summed E-state index contributed by atoms with van der Waals surface area (Å²) in [4.78, 5) is 12.1. The molecule has 8 nitrogen and oxygen atoms in total. The van der Waals surface area contributed by atoms with Crippen molar-refractivity contribution in [3.8, 4) is 0 Å². The molecule has 0 spiro atoms. The van der Waals surface area contributed by atoms with Crippen molar-refractivity contribution < 1.29 is 15.3 Å². The van der Waals surface area contributed by atoms with Crippen LogP contribution in [0.1, 0.15) is 12.5 Å². The van der Waals surface area contributed by atoms with Crippen LogP contribution in [0, 0.1) is 11.3 Å². The Morgan fingerprint density at radius 2 is 2.19 bits per heavy atom. The first kappa shape index (κ1) is 13.2. The zero-order chi connectivity index (χ0) is 14.9. The summed E-state index contributed by atoms with van der Waals surface area (Å²) in [5.74, 6) is 0.140. The molecule has 2 fully saturated rings. The normalized spacial score (nSPS) is 37.9. The van der Waals surface area contributed by atoms with E-state index in [0.29, 0.717) is 17.6 Å². The van der Waals surface area contributed by atoms with Gasteiger partial charge in [0.25, 0.3) is 0 Å². The average molecular weight is 312 g/mol. The van der Waals surface area contributed by atoms with Gasteiger partial charge in [0.2, 0.25) is 5.28 Å². The van der Waals surface area contributed by atoms with E-state index >= 15 is 0 Å². The van der Waals surface area contributed by atoms with E-state index in [9.17, 15) is 15.3 Å². The van der Waals surface area contributed by atoms with E-state index < -0.39 is 23.7 Å². The van der Waals surface area contributed by atoms with Gasteiger partial charge >= 0.3 is 0 Å². The van der Waals surface area contributed by atoms with Crippen molar-refractivity contribution >= 4 is 28.6 Å². The number of fused-ring (bicyclic) bond motifs is 2. The van der Waals surface area contributed by atoms with Crippen molar-refractivity contribution in [2.75, 3.05) is 12.3 Å². The number of hydrogen-bond donors (Lipinski definition) is 4. The van der Waals surface area contributed by atoms with Crippen LogP contribution < -0.4 is 5.73 Å². The van der Waals surface area contributed by atoms with Crippen LogP contribution in [-0.2, 0) is 0 Å². The maximum absolute atomic E-state index is 10.3. The monoisotopic (exact) mass is 311 g/mol. The summed E-state index contributed by atoms with van der Waals surface area (Å²) in [6.07, 6.45) is 0.201. The van der Waals surface area contributed by atoms with Crippen LogP contribution in [0.25, 0.3) is 11.2 Å². The summed E-state index contributed by atoms with van der Waals surface area (Å²) in [5, 5.41) is 30.0. The maximum Gasteiger partial charge on any atom is 0.226 e. The van der Waals surface area contributed by atoms with E-state index in [4.69, 9.17) is 17.3 Å². The van der Waals surface area contributed by atoms with E-state index in [1.807, 2.05) is 0 Å². The van der Waals surface area contributed by atoms with Crippen LogP contribution in [0.15, 0.2) is 6.33 Å². The standard InChI is InChI=1S/C12H14ClN5O3/c13-11-16-9(14)5-10(17-11)18(3-15-5)6-4-1-12(4,2-19)8(21)7(6)20/h3-4,6-8,19-21H,1-2H2,(H2,14,16,17)/t4-,6?,7+,8+,12+/m1/s1. The molecular formula is C12H14ClN5O3. The molecule has 0 aliphatic heterocycles. The van der Waals surface area contributed by atoms with E-state index in [2.05, 4.69) is 15.0 Å². The molecule has 4 rings (SSSR count). The molecule has 2 aliphatic rings. The first-order valence-electron chi connectivity index (χ1n) is 6.62. The van der Waals surface area contributed by atoms with Gasteiger partial charge in [0.1, 0.15) is 11.6 Å². The third-order valence-corrected chi connectivity index (χ3v) is 5.06. The Hall–Kier alpha value is -1.48. The minimum atomic E-state index is -0.997. The number of hydrogen-bond acceptors (Lipinski definition) is 7. The van der Waals surface area contributed by atoms with E-state index in [0.717, 1.165) is 0 Å². The highest BCUT2D eigenvalue weighted by atomic mass is 35.5. The van der Waals surface area contributed by atoms with Crippen LogP contribution >= 0.6 is 11.6 Å². The summed E-state index contributed by atoms with van der Waals surface area (Å²) in [6, 6.07) is -0.414. The van der Waals surface area contributed by atoms with Gasteiger partial charge < -0.3 is 25.6 Å². The molecule has 0 amide bonds. The first-order valence-corrected chi connectivity index (χ1v) is 7.00. The third kappa shape index (κ3) is 1.53. The lowest BCUT2D eigenvalue weighted by Gasteiger charge is -2.23. The molecule has 112 valence electrons. The SMILES string of the molecule is Nc1nc(Cl)nc2c1ncn2C1[C@H]2C[C@@]2(CO)[C@@H](O)[C@H]1O. The summed E-state index contributed by atoms with van der Waals surface area (Å²) >= 11 is 5.83. The molecule has 2 saturated carbocycles. The molecule has 9 heteroatoms. The second-order valence-electron chi connectivity index (χ2n) is 5.83.